The summed E-state index contributed by atoms with van der Waals surface area (Å²) in [6.45, 7) is 2.40. The van der Waals surface area contributed by atoms with Crippen molar-refractivity contribution in [3.8, 4) is 11.5 Å². The van der Waals surface area contributed by atoms with Crippen LogP contribution in [0.25, 0.3) is 6.08 Å². The molecule has 0 fully saturated rings. The average Bonchev–Trinajstić information content (AvgIpc) is 3.11. The van der Waals surface area contributed by atoms with E-state index < -0.39 is 17.8 Å². The summed E-state index contributed by atoms with van der Waals surface area (Å²) in [5.41, 5.74) is 2.39. The highest BCUT2D eigenvalue weighted by Gasteiger charge is 2.17. The molecule has 0 saturated heterocycles. The largest absolute Gasteiger partial charge is 0.493 e. The Bertz CT molecular complexity index is 1740. The molecule has 4 rings (SSSR count). The van der Waals surface area contributed by atoms with E-state index in [1.54, 1.807) is 97.1 Å². The van der Waals surface area contributed by atoms with Gasteiger partial charge in [0.1, 0.15) is 5.70 Å². The number of hydrogen-bond acceptors (Lipinski definition) is 8. The van der Waals surface area contributed by atoms with Gasteiger partial charge in [-0.15, -0.1) is 11.8 Å². The van der Waals surface area contributed by atoms with E-state index in [9.17, 15) is 19.2 Å². The number of hydrogen-bond donors (Lipinski definition) is 3. The topological polar surface area (TPSA) is 132 Å². The summed E-state index contributed by atoms with van der Waals surface area (Å²) in [5.74, 6) is -0.587. The second-order valence-corrected chi connectivity index (χ2v) is 11.4. The first-order chi connectivity index (χ1) is 23.3. The van der Waals surface area contributed by atoms with Gasteiger partial charge in [-0.25, -0.2) is 4.79 Å². The van der Waals surface area contributed by atoms with Gasteiger partial charge in [0.2, 0.25) is 5.91 Å². The SMILES string of the molecule is CCCCOC(=O)c1ccc(NC(=O)CSc2ccc(NC(=O)/C(=C/c3cccc(OC)c3OC)NC(=O)c3ccccc3)cc2)cc1. The van der Waals surface area contributed by atoms with Gasteiger partial charge < -0.3 is 30.2 Å². The molecule has 3 amide bonds. The Labute approximate surface area is 283 Å². The molecule has 10 nitrogen and oxygen atoms in total. The fourth-order valence-electron chi connectivity index (χ4n) is 4.38. The van der Waals surface area contributed by atoms with Gasteiger partial charge in [0.05, 0.1) is 32.1 Å². The molecule has 0 aliphatic heterocycles. The van der Waals surface area contributed by atoms with Crippen LogP contribution >= 0.6 is 11.8 Å². The van der Waals surface area contributed by atoms with Crippen LogP contribution < -0.4 is 25.4 Å². The molecule has 0 aromatic heterocycles. The van der Waals surface area contributed by atoms with Crippen LogP contribution in [0.15, 0.2) is 108 Å². The van der Waals surface area contributed by atoms with E-state index in [1.165, 1.54) is 32.1 Å². The maximum absolute atomic E-state index is 13.5. The molecule has 11 heteroatoms. The number of benzene rings is 4. The summed E-state index contributed by atoms with van der Waals surface area (Å²) in [6.07, 6.45) is 3.27. The number of methoxy groups -OCH3 is 2. The zero-order valence-electron chi connectivity index (χ0n) is 26.9. The number of esters is 1. The van der Waals surface area contributed by atoms with Crippen LogP contribution in [0, 0.1) is 0 Å². The molecule has 248 valence electrons. The number of thioether (sulfide) groups is 1. The predicted octanol–water partition coefficient (Wildman–Crippen LogP) is 6.80. The van der Waals surface area contributed by atoms with Gasteiger partial charge in [-0.3, -0.25) is 14.4 Å². The van der Waals surface area contributed by atoms with Gasteiger partial charge in [0.25, 0.3) is 11.8 Å². The van der Waals surface area contributed by atoms with E-state index in [2.05, 4.69) is 16.0 Å². The van der Waals surface area contributed by atoms with Gasteiger partial charge in [-0.05, 0) is 79.2 Å². The smallest absolute Gasteiger partial charge is 0.338 e. The molecule has 48 heavy (non-hydrogen) atoms. The average molecular weight is 668 g/mol. The highest BCUT2D eigenvalue weighted by atomic mass is 32.2. The standard InChI is InChI=1S/C37H37N3O7S/c1-4-5-22-47-37(44)26-14-16-28(17-15-26)38-33(41)24-48-30-20-18-29(19-21-30)39-36(43)31(40-35(42)25-10-7-6-8-11-25)23-27-12-9-13-32(45-2)34(27)46-3/h6-21,23H,4-5,22,24H2,1-3H3,(H,38,41)(H,39,43)(H,40,42)/b31-23-. The summed E-state index contributed by atoms with van der Waals surface area (Å²) in [4.78, 5) is 51.9. The summed E-state index contributed by atoms with van der Waals surface area (Å²) < 4.78 is 16.1. The molecule has 0 bridgehead atoms. The number of amides is 3. The maximum Gasteiger partial charge on any atom is 0.338 e. The second kappa shape index (κ2) is 18.0. The lowest BCUT2D eigenvalue weighted by atomic mass is 10.1. The Kier molecular flexibility index (Phi) is 13.2. The lowest BCUT2D eigenvalue weighted by Gasteiger charge is -2.14. The summed E-state index contributed by atoms with van der Waals surface area (Å²) in [5, 5.41) is 8.35. The van der Waals surface area contributed by atoms with Crippen molar-refractivity contribution < 1.29 is 33.4 Å². The van der Waals surface area contributed by atoms with Crippen LogP contribution in [0.5, 0.6) is 11.5 Å². The molecular formula is C37H37N3O7S. The fourth-order valence-corrected chi connectivity index (χ4v) is 5.08. The Morgan fingerprint density at radius 2 is 1.44 bits per heavy atom. The monoisotopic (exact) mass is 667 g/mol. The molecule has 0 aliphatic rings. The molecule has 4 aromatic carbocycles. The predicted molar refractivity (Wildman–Crippen MR) is 187 cm³/mol. The molecule has 0 heterocycles. The minimum absolute atomic E-state index is 0.00746. The van der Waals surface area contributed by atoms with Crippen molar-refractivity contribution in [3.05, 3.63) is 119 Å². The van der Waals surface area contributed by atoms with Gasteiger partial charge in [0, 0.05) is 27.4 Å². The Hall–Kier alpha value is -5.55. The molecule has 0 atom stereocenters. The third-order valence-corrected chi connectivity index (χ3v) is 7.89. The molecule has 0 aliphatic carbocycles. The minimum atomic E-state index is -0.552. The van der Waals surface area contributed by atoms with Crippen molar-refractivity contribution in [1.82, 2.24) is 5.32 Å². The Balaban J connectivity index is 1.38. The van der Waals surface area contributed by atoms with Gasteiger partial charge in [-0.1, -0.05) is 43.7 Å². The third-order valence-electron chi connectivity index (χ3n) is 6.88. The quantitative estimate of drug-likeness (QED) is 0.0546. The van der Waals surface area contributed by atoms with Crippen molar-refractivity contribution in [1.29, 1.82) is 0 Å². The maximum atomic E-state index is 13.5. The lowest BCUT2D eigenvalue weighted by Crippen LogP contribution is -2.30. The molecular weight excluding hydrogens is 630 g/mol. The lowest BCUT2D eigenvalue weighted by molar-refractivity contribution is -0.114. The molecule has 0 radical (unpaired) electrons. The summed E-state index contributed by atoms with van der Waals surface area (Å²) >= 11 is 1.32. The van der Waals surface area contributed by atoms with E-state index in [-0.39, 0.29) is 17.4 Å². The zero-order chi connectivity index (χ0) is 34.3. The molecule has 3 N–H and O–H groups in total. The number of carbonyl (C=O) groups is 4. The number of rotatable bonds is 15. The molecule has 0 spiro atoms. The zero-order valence-corrected chi connectivity index (χ0v) is 27.7. The van der Waals surface area contributed by atoms with Crippen molar-refractivity contribution in [2.45, 2.75) is 24.7 Å². The highest BCUT2D eigenvalue weighted by molar-refractivity contribution is 8.00. The van der Waals surface area contributed by atoms with Crippen LogP contribution in [0.1, 0.15) is 46.0 Å². The van der Waals surface area contributed by atoms with Gasteiger partial charge in [0.15, 0.2) is 11.5 Å². The number of nitrogens with one attached hydrogen (secondary N) is 3. The Morgan fingerprint density at radius 1 is 0.750 bits per heavy atom. The summed E-state index contributed by atoms with van der Waals surface area (Å²) in [6, 6.07) is 27.3. The van der Waals surface area contributed by atoms with Crippen molar-refractivity contribution in [2.24, 2.45) is 0 Å². The van der Waals surface area contributed by atoms with Crippen LogP contribution in [0.4, 0.5) is 11.4 Å². The van der Waals surface area contributed by atoms with Crippen LogP contribution in [0.3, 0.4) is 0 Å². The third kappa shape index (κ3) is 10.2. The molecule has 0 saturated carbocycles. The first-order valence-corrected chi connectivity index (χ1v) is 16.2. The number of para-hydroxylation sites is 1. The van der Waals surface area contributed by atoms with Crippen molar-refractivity contribution in [2.75, 3.05) is 37.2 Å². The first-order valence-electron chi connectivity index (χ1n) is 15.2. The van der Waals surface area contributed by atoms with E-state index in [4.69, 9.17) is 14.2 Å². The number of ether oxygens (including phenoxy) is 3. The van der Waals surface area contributed by atoms with E-state index in [1.807, 2.05) is 6.92 Å². The highest BCUT2D eigenvalue weighted by Crippen LogP contribution is 2.32. The van der Waals surface area contributed by atoms with E-state index >= 15 is 0 Å². The van der Waals surface area contributed by atoms with E-state index in [0.717, 1.165) is 17.7 Å². The normalized spacial score (nSPS) is 10.9. The van der Waals surface area contributed by atoms with Crippen molar-refractivity contribution >= 4 is 52.9 Å². The molecule has 4 aromatic rings. The van der Waals surface area contributed by atoms with Crippen LogP contribution in [-0.4, -0.2) is 50.3 Å². The Morgan fingerprint density at radius 3 is 2.10 bits per heavy atom. The summed E-state index contributed by atoms with van der Waals surface area (Å²) in [7, 11) is 3.01. The minimum Gasteiger partial charge on any atom is -0.493 e. The van der Waals surface area contributed by atoms with Crippen molar-refractivity contribution in [3.63, 3.8) is 0 Å². The van der Waals surface area contributed by atoms with Crippen LogP contribution in [0.2, 0.25) is 0 Å². The fraction of sp³-hybridized carbons (Fsp3) is 0.189. The number of anilines is 2. The second-order valence-electron chi connectivity index (χ2n) is 10.3. The molecule has 0 unspecified atom stereocenters. The van der Waals surface area contributed by atoms with Gasteiger partial charge >= 0.3 is 5.97 Å². The first kappa shape index (κ1) is 35.3. The van der Waals surface area contributed by atoms with Gasteiger partial charge in [-0.2, -0.15) is 0 Å². The van der Waals surface area contributed by atoms with E-state index in [0.29, 0.717) is 46.2 Å². The number of carbonyl (C=O) groups excluding carboxylic acids is 4. The number of unbranched alkanes of at least 4 members (excludes halogenated alkanes) is 1. The van der Waals surface area contributed by atoms with Crippen LogP contribution in [-0.2, 0) is 14.3 Å².